The number of hydrogen-bond donors (Lipinski definition) is 1. The van der Waals surface area contributed by atoms with Gasteiger partial charge in [-0.25, -0.2) is 4.79 Å². The SMILES string of the molecule is Cc1cc(-c2cnn(CC(F)(F)F)c2)cc(C)c1C(=O)O. The molecule has 0 aliphatic heterocycles. The summed E-state index contributed by atoms with van der Waals surface area (Å²) in [6.07, 6.45) is -1.70. The van der Waals surface area contributed by atoms with Gasteiger partial charge in [0.25, 0.3) is 0 Å². The van der Waals surface area contributed by atoms with Crippen molar-refractivity contribution >= 4 is 5.97 Å². The van der Waals surface area contributed by atoms with E-state index in [9.17, 15) is 18.0 Å². The lowest BCUT2D eigenvalue weighted by Crippen LogP contribution is -2.17. The van der Waals surface area contributed by atoms with Gasteiger partial charge in [0.2, 0.25) is 0 Å². The summed E-state index contributed by atoms with van der Waals surface area (Å²) >= 11 is 0. The fourth-order valence-corrected chi connectivity index (χ4v) is 2.25. The number of halogens is 3. The molecule has 0 saturated carbocycles. The van der Waals surface area contributed by atoms with Gasteiger partial charge in [-0.2, -0.15) is 18.3 Å². The molecule has 0 bridgehead atoms. The molecule has 0 amide bonds. The number of nitrogens with zero attached hydrogens (tertiary/aromatic N) is 2. The van der Waals surface area contributed by atoms with Crippen molar-refractivity contribution in [3.63, 3.8) is 0 Å². The Hall–Kier alpha value is -2.31. The van der Waals surface area contributed by atoms with Crippen LogP contribution >= 0.6 is 0 Å². The molecule has 1 N–H and O–H groups in total. The van der Waals surface area contributed by atoms with Crippen molar-refractivity contribution in [3.8, 4) is 11.1 Å². The standard InChI is InChI=1S/C14H13F3N2O2/c1-8-3-10(4-9(2)12(8)13(20)21)11-5-18-19(6-11)7-14(15,16)17/h3-6H,7H2,1-2H3,(H,20,21). The van der Waals surface area contributed by atoms with Crippen LogP contribution in [0.25, 0.3) is 11.1 Å². The highest BCUT2D eigenvalue weighted by Gasteiger charge is 2.28. The highest BCUT2D eigenvalue weighted by Crippen LogP contribution is 2.26. The first-order chi connectivity index (χ1) is 9.67. The number of aryl methyl sites for hydroxylation is 2. The largest absolute Gasteiger partial charge is 0.478 e. The third-order valence-electron chi connectivity index (χ3n) is 3.05. The van der Waals surface area contributed by atoms with E-state index in [0.29, 0.717) is 22.3 Å². The average Bonchev–Trinajstić information content (AvgIpc) is 2.73. The topological polar surface area (TPSA) is 55.1 Å². The first kappa shape index (κ1) is 15.1. The van der Waals surface area contributed by atoms with Gasteiger partial charge in [-0.05, 0) is 30.5 Å². The van der Waals surface area contributed by atoms with Crippen molar-refractivity contribution in [1.82, 2.24) is 9.78 Å². The first-order valence-electron chi connectivity index (χ1n) is 6.11. The maximum atomic E-state index is 12.3. The molecule has 4 nitrogen and oxygen atoms in total. The predicted molar refractivity (Wildman–Crippen MR) is 70.2 cm³/mol. The second kappa shape index (κ2) is 5.23. The number of carbonyl (C=O) groups is 1. The molecular formula is C14H13F3N2O2. The molecule has 0 spiro atoms. The average molecular weight is 298 g/mol. The lowest BCUT2D eigenvalue weighted by atomic mass is 9.97. The molecule has 7 heteroatoms. The fourth-order valence-electron chi connectivity index (χ4n) is 2.25. The Balaban J connectivity index is 2.37. The quantitative estimate of drug-likeness (QED) is 0.944. The number of rotatable bonds is 3. The Labute approximate surface area is 118 Å². The van der Waals surface area contributed by atoms with E-state index in [1.165, 1.54) is 12.4 Å². The van der Waals surface area contributed by atoms with Crippen molar-refractivity contribution in [2.24, 2.45) is 0 Å². The van der Waals surface area contributed by atoms with Crippen molar-refractivity contribution in [3.05, 3.63) is 41.2 Å². The van der Waals surface area contributed by atoms with E-state index >= 15 is 0 Å². The van der Waals surface area contributed by atoms with Crippen molar-refractivity contribution in [2.45, 2.75) is 26.6 Å². The van der Waals surface area contributed by atoms with E-state index in [-0.39, 0.29) is 5.56 Å². The van der Waals surface area contributed by atoms with Crippen LogP contribution < -0.4 is 0 Å². The van der Waals surface area contributed by atoms with Gasteiger partial charge in [0.15, 0.2) is 0 Å². The summed E-state index contributed by atoms with van der Waals surface area (Å²) < 4.78 is 37.7. The lowest BCUT2D eigenvalue weighted by Gasteiger charge is -2.08. The smallest absolute Gasteiger partial charge is 0.408 e. The van der Waals surface area contributed by atoms with E-state index in [0.717, 1.165) is 4.68 Å². The van der Waals surface area contributed by atoms with Gasteiger partial charge in [-0.3, -0.25) is 4.68 Å². The van der Waals surface area contributed by atoms with Gasteiger partial charge in [0, 0.05) is 11.8 Å². The van der Waals surface area contributed by atoms with Crippen LogP contribution in [0.15, 0.2) is 24.5 Å². The van der Waals surface area contributed by atoms with Gasteiger partial charge >= 0.3 is 12.1 Å². The molecule has 1 aromatic carbocycles. The van der Waals surface area contributed by atoms with E-state index < -0.39 is 18.7 Å². The van der Waals surface area contributed by atoms with Crippen LogP contribution in [0.3, 0.4) is 0 Å². The molecule has 1 heterocycles. The fraction of sp³-hybridized carbons (Fsp3) is 0.286. The molecule has 0 fully saturated rings. The van der Waals surface area contributed by atoms with Crippen LogP contribution in [-0.2, 0) is 6.54 Å². The monoisotopic (exact) mass is 298 g/mol. The van der Waals surface area contributed by atoms with E-state index in [1.54, 1.807) is 26.0 Å². The minimum atomic E-state index is -4.33. The first-order valence-corrected chi connectivity index (χ1v) is 6.11. The maximum Gasteiger partial charge on any atom is 0.408 e. The number of alkyl halides is 3. The third-order valence-corrected chi connectivity index (χ3v) is 3.05. The summed E-state index contributed by atoms with van der Waals surface area (Å²) in [5.41, 5.74) is 2.48. The Morgan fingerprint density at radius 2 is 1.81 bits per heavy atom. The highest BCUT2D eigenvalue weighted by atomic mass is 19.4. The number of benzene rings is 1. The maximum absolute atomic E-state index is 12.3. The number of aromatic nitrogens is 2. The van der Waals surface area contributed by atoms with Gasteiger partial charge in [0.05, 0.1) is 11.8 Å². The van der Waals surface area contributed by atoms with Crippen LogP contribution in [-0.4, -0.2) is 27.0 Å². The van der Waals surface area contributed by atoms with Gasteiger partial charge < -0.3 is 5.11 Å². The Morgan fingerprint density at radius 3 is 2.29 bits per heavy atom. The van der Waals surface area contributed by atoms with Gasteiger partial charge in [-0.15, -0.1) is 0 Å². The molecule has 0 aliphatic carbocycles. The molecule has 2 rings (SSSR count). The molecule has 1 aromatic heterocycles. The van der Waals surface area contributed by atoms with Crippen LogP contribution in [0, 0.1) is 13.8 Å². The number of aromatic carboxylic acids is 1. The highest BCUT2D eigenvalue weighted by molar-refractivity contribution is 5.92. The Kier molecular flexibility index (Phi) is 3.76. The molecule has 21 heavy (non-hydrogen) atoms. The molecule has 0 saturated heterocycles. The normalized spacial score (nSPS) is 11.7. The zero-order valence-electron chi connectivity index (χ0n) is 11.4. The van der Waals surface area contributed by atoms with Crippen molar-refractivity contribution in [1.29, 1.82) is 0 Å². The van der Waals surface area contributed by atoms with Crippen LogP contribution in [0.4, 0.5) is 13.2 Å². The summed E-state index contributed by atoms with van der Waals surface area (Å²) in [6.45, 7) is 2.15. The summed E-state index contributed by atoms with van der Waals surface area (Å²) in [4.78, 5) is 11.1. The van der Waals surface area contributed by atoms with Crippen LogP contribution in [0.1, 0.15) is 21.5 Å². The predicted octanol–water partition coefficient (Wildman–Crippen LogP) is 3.43. The van der Waals surface area contributed by atoms with E-state index in [1.807, 2.05) is 0 Å². The number of hydrogen-bond acceptors (Lipinski definition) is 2. The zero-order valence-corrected chi connectivity index (χ0v) is 11.4. The summed E-state index contributed by atoms with van der Waals surface area (Å²) in [6, 6.07) is 3.26. The van der Waals surface area contributed by atoms with Crippen LogP contribution in [0.2, 0.25) is 0 Å². The molecule has 0 unspecified atom stereocenters. The number of carboxylic acid groups (broad SMARTS) is 1. The number of carboxylic acids is 1. The minimum absolute atomic E-state index is 0.210. The summed E-state index contributed by atoms with van der Waals surface area (Å²) in [5.74, 6) is -1.02. The Morgan fingerprint density at radius 1 is 1.24 bits per heavy atom. The second-order valence-electron chi connectivity index (χ2n) is 4.83. The van der Waals surface area contributed by atoms with E-state index in [2.05, 4.69) is 5.10 Å². The van der Waals surface area contributed by atoms with Crippen molar-refractivity contribution in [2.75, 3.05) is 0 Å². The minimum Gasteiger partial charge on any atom is -0.478 e. The Bertz CT molecular complexity index is 667. The molecule has 2 aromatic rings. The lowest BCUT2D eigenvalue weighted by molar-refractivity contribution is -0.142. The third kappa shape index (κ3) is 3.42. The summed E-state index contributed by atoms with van der Waals surface area (Å²) in [5, 5.41) is 12.8. The van der Waals surface area contributed by atoms with Gasteiger partial charge in [0.1, 0.15) is 6.54 Å². The second-order valence-corrected chi connectivity index (χ2v) is 4.83. The van der Waals surface area contributed by atoms with Crippen LogP contribution in [0.5, 0.6) is 0 Å². The molecular weight excluding hydrogens is 285 g/mol. The molecule has 0 atom stereocenters. The molecule has 0 radical (unpaired) electrons. The van der Waals surface area contributed by atoms with Gasteiger partial charge in [-0.1, -0.05) is 12.1 Å². The molecule has 112 valence electrons. The molecule has 0 aliphatic rings. The summed E-state index contributed by atoms with van der Waals surface area (Å²) in [7, 11) is 0. The van der Waals surface area contributed by atoms with E-state index in [4.69, 9.17) is 5.11 Å². The van der Waals surface area contributed by atoms with Crippen molar-refractivity contribution < 1.29 is 23.1 Å². The zero-order chi connectivity index (χ0) is 15.8.